The van der Waals surface area contributed by atoms with Crippen LogP contribution in [0.4, 0.5) is 23.2 Å². The maximum absolute atomic E-state index is 13.0. The summed E-state index contributed by atoms with van der Waals surface area (Å²) in [4.78, 5) is 0. The van der Waals surface area contributed by atoms with Crippen LogP contribution in [0.5, 0.6) is 5.75 Å². The summed E-state index contributed by atoms with van der Waals surface area (Å²) < 4.78 is 56.6. The van der Waals surface area contributed by atoms with Crippen LogP contribution >= 0.6 is 0 Å². The van der Waals surface area contributed by atoms with E-state index in [1.54, 1.807) is 24.3 Å². The molecule has 0 aliphatic carbocycles. The van der Waals surface area contributed by atoms with Gasteiger partial charge in [0.15, 0.2) is 0 Å². The minimum absolute atomic E-state index is 0.0216. The van der Waals surface area contributed by atoms with Gasteiger partial charge in [-0.15, -0.1) is 0 Å². The first-order valence-corrected chi connectivity index (χ1v) is 6.13. The van der Waals surface area contributed by atoms with Crippen LogP contribution in [0.2, 0.25) is 0 Å². The van der Waals surface area contributed by atoms with Gasteiger partial charge in [-0.05, 0) is 29.8 Å². The Labute approximate surface area is 119 Å². The molecule has 0 bridgehead atoms. The summed E-state index contributed by atoms with van der Waals surface area (Å²) in [5, 5.41) is 2.87. The molecule has 0 unspecified atom stereocenters. The SMILES string of the molecule is COc1cccc(NCc2ccc(F)cc2C(F)(F)F)c1. The second-order valence-electron chi connectivity index (χ2n) is 4.38. The molecule has 0 amide bonds. The zero-order valence-electron chi connectivity index (χ0n) is 11.2. The molecule has 1 N–H and O–H groups in total. The lowest BCUT2D eigenvalue weighted by atomic mass is 10.1. The molecule has 6 heteroatoms. The molecule has 21 heavy (non-hydrogen) atoms. The Morgan fingerprint density at radius 3 is 2.52 bits per heavy atom. The highest BCUT2D eigenvalue weighted by Crippen LogP contribution is 2.33. The van der Waals surface area contributed by atoms with Crippen molar-refractivity contribution in [2.75, 3.05) is 12.4 Å². The number of halogens is 4. The van der Waals surface area contributed by atoms with Gasteiger partial charge in [-0.2, -0.15) is 13.2 Å². The highest BCUT2D eigenvalue weighted by atomic mass is 19.4. The Kier molecular flexibility index (Phi) is 4.35. The van der Waals surface area contributed by atoms with Crippen LogP contribution in [0, 0.1) is 5.82 Å². The van der Waals surface area contributed by atoms with Crippen molar-refractivity contribution >= 4 is 5.69 Å². The van der Waals surface area contributed by atoms with Crippen molar-refractivity contribution < 1.29 is 22.3 Å². The highest BCUT2D eigenvalue weighted by molar-refractivity contribution is 5.49. The smallest absolute Gasteiger partial charge is 0.416 e. The standard InChI is InChI=1S/C15H13F4NO/c1-21-13-4-2-3-12(8-13)20-9-10-5-6-11(16)7-14(10)15(17,18)19/h2-8,20H,9H2,1H3. The number of nitrogens with one attached hydrogen (secondary N) is 1. The van der Waals surface area contributed by atoms with Crippen molar-refractivity contribution in [3.05, 3.63) is 59.4 Å². The maximum Gasteiger partial charge on any atom is 0.416 e. The summed E-state index contributed by atoms with van der Waals surface area (Å²) in [5.74, 6) is -0.317. The second kappa shape index (κ2) is 6.03. The maximum atomic E-state index is 13.0. The zero-order chi connectivity index (χ0) is 15.5. The molecule has 0 heterocycles. The molecule has 0 aliphatic rings. The Morgan fingerprint density at radius 1 is 1.10 bits per heavy atom. The monoisotopic (exact) mass is 299 g/mol. The molecule has 0 saturated heterocycles. The van der Waals surface area contributed by atoms with Crippen molar-refractivity contribution in [2.24, 2.45) is 0 Å². The van der Waals surface area contributed by atoms with Gasteiger partial charge in [0.1, 0.15) is 11.6 Å². The summed E-state index contributed by atoms with van der Waals surface area (Å²) in [6.07, 6.45) is -4.59. The van der Waals surface area contributed by atoms with Crippen LogP contribution in [0.3, 0.4) is 0 Å². The molecule has 2 aromatic carbocycles. The van der Waals surface area contributed by atoms with Crippen LogP contribution in [-0.4, -0.2) is 7.11 Å². The van der Waals surface area contributed by atoms with Crippen LogP contribution in [0.25, 0.3) is 0 Å². The number of alkyl halides is 3. The number of hydrogen-bond acceptors (Lipinski definition) is 2. The van der Waals surface area contributed by atoms with Crippen LogP contribution < -0.4 is 10.1 Å². The van der Waals surface area contributed by atoms with Crippen molar-refractivity contribution in [2.45, 2.75) is 12.7 Å². The second-order valence-corrected chi connectivity index (χ2v) is 4.38. The van der Waals surface area contributed by atoms with Crippen LogP contribution in [-0.2, 0) is 12.7 Å². The fourth-order valence-electron chi connectivity index (χ4n) is 1.90. The van der Waals surface area contributed by atoms with Gasteiger partial charge in [-0.3, -0.25) is 0 Å². The van der Waals surface area contributed by atoms with E-state index in [4.69, 9.17) is 4.74 Å². The molecule has 0 radical (unpaired) electrons. The number of ether oxygens (including phenoxy) is 1. The zero-order valence-corrected chi connectivity index (χ0v) is 11.2. The molecular weight excluding hydrogens is 286 g/mol. The van der Waals surface area contributed by atoms with E-state index in [1.165, 1.54) is 7.11 Å². The number of hydrogen-bond donors (Lipinski definition) is 1. The number of rotatable bonds is 4. The van der Waals surface area contributed by atoms with E-state index >= 15 is 0 Å². The average Bonchev–Trinajstić information content (AvgIpc) is 2.45. The first kappa shape index (κ1) is 15.2. The topological polar surface area (TPSA) is 21.3 Å². The Hall–Kier alpha value is -2.24. The van der Waals surface area contributed by atoms with E-state index in [0.29, 0.717) is 17.5 Å². The van der Waals surface area contributed by atoms with E-state index in [2.05, 4.69) is 5.32 Å². The number of benzene rings is 2. The van der Waals surface area contributed by atoms with Gasteiger partial charge >= 0.3 is 6.18 Å². The van der Waals surface area contributed by atoms with Crippen LogP contribution in [0.1, 0.15) is 11.1 Å². The van der Waals surface area contributed by atoms with Gasteiger partial charge < -0.3 is 10.1 Å². The Balaban J connectivity index is 2.20. The minimum Gasteiger partial charge on any atom is -0.497 e. The van der Waals surface area contributed by atoms with Gasteiger partial charge in [0.25, 0.3) is 0 Å². The number of anilines is 1. The number of methoxy groups -OCH3 is 1. The van der Waals surface area contributed by atoms with Gasteiger partial charge in [-0.1, -0.05) is 12.1 Å². The largest absolute Gasteiger partial charge is 0.497 e. The van der Waals surface area contributed by atoms with E-state index in [9.17, 15) is 17.6 Å². The molecule has 2 nitrogen and oxygen atoms in total. The summed E-state index contributed by atoms with van der Waals surface area (Å²) in [7, 11) is 1.50. The fraction of sp³-hybridized carbons (Fsp3) is 0.200. The molecule has 0 fully saturated rings. The summed E-state index contributed by atoms with van der Waals surface area (Å²) in [6, 6.07) is 9.46. The van der Waals surface area contributed by atoms with Gasteiger partial charge in [-0.25, -0.2) is 4.39 Å². The first-order valence-electron chi connectivity index (χ1n) is 6.13. The molecule has 0 aliphatic heterocycles. The fourth-order valence-corrected chi connectivity index (χ4v) is 1.90. The van der Waals surface area contributed by atoms with Crippen LogP contribution in [0.15, 0.2) is 42.5 Å². The molecular formula is C15H13F4NO. The predicted octanol–water partition coefficient (Wildman–Crippen LogP) is 4.47. The normalized spacial score (nSPS) is 11.3. The third-order valence-corrected chi connectivity index (χ3v) is 2.93. The van der Waals surface area contributed by atoms with Gasteiger partial charge in [0, 0.05) is 18.3 Å². The third-order valence-electron chi connectivity index (χ3n) is 2.93. The lowest BCUT2D eigenvalue weighted by molar-refractivity contribution is -0.138. The molecule has 0 spiro atoms. The highest BCUT2D eigenvalue weighted by Gasteiger charge is 2.33. The Bertz CT molecular complexity index is 625. The van der Waals surface area contributed by atoms with E-state index in [0.717, 1.165) is 12.1 Å². The summed E-state index contributed by atoms with van der Waals surface area (Å²) in [6.45, 7) is -0.0672. The summed E-state index contributed by atoms with van der Waals surface area (Å²) in [5.41, 5.74) is -0.378. The molecule has 0 atom stereocenters. The quantitative estimate of drug-likeness (QED) is 0.841. The van der Waals surface area contributed by atoms with E-state index < -0.39 is 17.6 Å². The van der Waals surface area contributed by atoms with Crippen molar-refractivity contribution in [1.29, 1.82) is 0 Å². The molecule has 2 aromatic rings. The van der Waals surface area contributed by atoms with Crippen molar-refractivity contribution in [3.8, 4) is 5.75 Å². The summed E-state index contributed by atoms with van der Waals surface area (Å²) >= 11 is 0. The van der Waals surface area contributed by atoms with Crippen molar-refractivity contribution in [1.82, 2.24) is 0 Å². The predicted molar refractivity (Wildman–Crippen MR) is 71.7 cm³/mol. The van der Waals surface area contributed by atoms with Crippen molar-refractivity contribution in [3.63, 3.8) is 0 Å². The van der Waals surface area contributed by atoms with Gasteiger partial charge in [0.05, 0.1) is 12.7 Å². The Morgan fingerprint density at radius 2 is 1.86 bits per heavy atom. The van der Waals surface area contributed by atoms with Gasteiger partial charge in [0.2, 0.25) is 0 Å². The lowest BCUT2D eigenvalue weighted by Crippen LogP contribution is -2.12. The van der Waals surface area contributed by atoms with E-state index in [-0.39, 0.29) is 12.1 Å². The van der Waals surface area contributed by atoms with E-state index in [1.807, 2.05) is 0 Å². The molecule has 0 saturated carbocycles. The molecule has 0 aromatic heterocycles. The molecule has 112 valence electrons. The third kappa shape index (κ3) is 3.87. The lowest BCUT2D eigenvalue weighted by Gasteiger charge is -2.14. The average molecular weight is 299 g/mol. The minimum atomic E-state index is -4.59. The molecule has 2 rings (SSSR count). The first-order chi connectivity index (χ1) is 9.90.